The molecule has 0 aliphatic carbocycles. The molecule has 4 nitrogen and oxygen atoms in total. The van der Waals surface area contributed by atoms with E-state index in [-0.39, 0.29) is 11.6 Å². The van der Waals surface area contributed by atoms with Crippen LogP contribution in [0.2, 0.25) is 0 Å². The molecular formula is C19H22FNO3S. The fourth-order valence-electron chi connectivity index (χ4n) is 2.50. The van der Waals surface area contributed by atoms with Crippen molar-refractivity contribution in [2.45, 2.75) is 32.6 Å². The van der Waals surface area contributed by atoms with Gasteiger partial charge < -0.3 is 5.32 Å². The number of hydrogen-bond donors (Lipinski definition) is 1. The van der Waals surface area contributed by atoms with Gasteiger partial charge in [-0.2, -0.15) is 0 Å². The molecule has 0 saturated heterocycles. The Balaban J connectivity index is 2.01. The van der Waals surface area contributed by atoms with Gasteiger partial charge in [0.2, 0.25) is 5.91 Å². The zero-order chi connectivity index (χ0) is 18.6. The maximum absolute atomic E-state index is 13.6. The lowest BCUT2D eigenvalue weighted by atomic mass is 10.0. The number of aryl methyl sites for hydroxylation is 2. The van der Waals surface area contributed by atoms with Crippen LogP contribution in [-0.2, 0) is 20.4 Å². The summed E-state index contributed by atoms with van der Waals surface area (Å²) >= 11 is 0. The zero-order valence-corrected chi connectivity index (χ0v) is 15.4. The predicted octanol–water partition coefficient (Wildman–Crippen LogP) is 3.23. The van der Waals surface area contributed by atoms with Crippen molar-refractivity contribution >= 4 is 15.7 Å². The monoisotopic (exact) mass is 363 g/mol. The highest BCUT2D eigenvalue weighted by atomic mass is 32.2. The highest BCUT2D eigenvalue weighted by Crippen LogP contribution is 2.17. The van der Waals surface area contributed by atoms with Gasteiger partial charge in [-0.05, 0) is 43.5 Å². The van der Waals surface area contributed by atoms with Crippen molar-refractivity contribution in [3.8, 4) is 0 Å². The average molecular weight is 363 g/mol. The molecule has 0 aliphatic heterocycles. The molecule has 1 N–H and O–H groups in total. The summed E-state index contributed by atoms with van der Waals surface area (Å²) in [6.07, 6.45) is 0. The molecule has 1 atom stereocenters. The Bertz CT molecular complexity index is 878. The minimum absolute atomic E-state index is 0.0671. The predicted molar refractivity (Wildman–Crippen MR) is 96.4 cm³/mol. The molecular weight excluding hydrogens is 341 g/mol. The normalized spacial score (nSPS) is 12.6. The average Bonchev–Trinajstić information content (AvgIpc) is 2.51. The quantitative estimate of drug-likeness (QED) is 0.857. The number of sulfone groups is 1. The van der Waals surface area contributed by atoms with E-state index in [1.54, 1.807) is 13.0 Å². The van der Waals surface area contributed by atoms with E-state index in [4.69, 9.17) is 0 Å². The number of amides is 1. The third-order valence-corrected chi connectivity index (χ3v) is 5.55. The van der Waals surface area contributed by atoms with Gasteiger partial charge in [-0.1, -0.05) is 36.4 Å². The minimum atomic E-state index is -3.75. The van der Waals surface area contributed by atoms with Gasteiger partial charge in [0, 0.05) is 5.56 Å². The SMILES string of the molecule is Cc1ccc(C(C)NC(=O)CS(=O)(=O)Cc2ccccc2F)cc1C. The van der Waals surface area contributed by atoms with Gasteiger partial charge in [-0.3, -0.25) is 4.79 Å². The van der Waals surface area contributed by atoms with E-state index in [0.717, 1.165) is 16.7 Å². The van der Waals surface area contributed by atoms with Gasteiger partial charge in [0.25, 0.3) is 0 Å². The Morgan fingerprint density at radius 3 is 2.44 bits per heavy atom. The molecule has 0 spiro atoms. The van der Waals surface area contributed by atoms with E-state index in [0.29, 0.717) is 0 Å². The third kappa shape index (κ3) is 5.39. The molecule has 0 aliphatic rings. The summed E-state index contributed by atoms with van der Waals surface area (Å²) in [6, 6.07) is 11.2. The van der Waals surface area contributed by atoms with Crippen LogP contribution in [0.15, 0.2) is 42.5 Å². The Morgan fingerprint density at radius 1 is 1.12 bits per heavy atom. The number of halogens is 1. The van der Waals surface area contributed by atoms with Crippen LogP contribution < -0.4 is 5.32 Å². The minimum Gasteiger partial charge on any atom is -0.349 e. The number of nitrogens with one attached hydrogen (secondary N) is 1. The Morgan fingerprint density at radius 2 is 1.80 bits per heavy atom. The lowest BCUT2D eigenvalue weighted by molar-refractivity contribution is -0.119. The third-order valence-electron chi connectivity index (χ3n) is 4.09. The molecule has 0 heterocycles. The topological polar surface area (TPSA) is 63.2 Å². The summed E-state index contributed by atoms with van der Waals surface area (Å²) in [5.74, 6) is -2.35. The fourth-order valence-corrected chi connectivity index (χ4v) is 3.80. The smallest absolute Gasteiger partial charge is 0.235 e. The van der Waals surface area contributed by atoms with E-state index >= 15 is 0 Å². The second kappa shape index (κ2) is 7.78. The molecule has 25 heavy (non-hydrogen) atoms. The van der Waals surface area contributed by atoms with E-state index in [1.807, 2.05) is 32.0 Å². The van der Waals surface area contributed by atoms with Crippen molar-refractivity contribution in [2.24, 2.45) is 0 Å². The lowest BCUT2D eigenvalue weighted by Gasteiger charge is -2.16. The van der Waals surface area contributed by atoms with Crippen molar-refractivity contribution in [2.75, 3.05) is 5.75 Å². The molecule has 0 radical (unpaired) electrons. The lowest BCUT2D eigenvalue weighted by Crippen LogP contribution is -2.33. The highest BCUT2D eigenvalue weighted by Gasteiger charge is 2.20. The molecule has 1 amide bonds. The first-order valence-electron chi connectivity index (χ1n) is 7.98. The number of rotatable bonds is 6. The molecule has 2 rings (SSSR count). The second-order valence-electron chi connectivity index (χ2n) is 6.26. The first kappa shape index (κ1) is 19.1. The Labute approximate surface area is 148 Å². The molecule has 0 bridgehead atoms. The number of carbonyl (C=O) groups is 1. The summed E-state index contributed by atoms with van der Waals surface area (Å²) in [5.41, 5.74) is 3.22. The fraction of sp³-hybridized carbons (Fsp3) is 0.316. The van der Waals surface area contributed by atoms with E-state index in [1.165, 1.54) is 18.2 Å². The van der Waals surface area contributed by atoms with E-state index in [9.17, 15) is 17.6 Å². The van der Waals surface area contributed by atoms with Gasteiger partial charge in [0.1, 0.15) is 11.6 Å². The van der Waals surface area contributed by atoms with Crippen LogP contribution in [0.3, 0.4) is 0 Å². The van der Waals surface area contributed by atoms with Crippen molar-refractivity contribution in [3.63, 3.8) is 0 Å². The summed E-state index contributed by atoms with van der Waals surface area (Å²) in [5, 5.41) is 2.69. The first-order valence-corrected chi connectivity index (χ1v) is 9.80. The van der Waals surface area contributed by atoms with Crippen LogP contribution in [0.4, 0.5) is 4.39 Å². The molecule has 2 aromatic rings. The van der Waals surface area contributed by atoms with Crippen LogP contribution in [0.5, 0.6) is 0 Å². The maximum Gasteiger partial charge on any atom is 0.235 e. The molecule has 2 aromatic carbocycles. The summed E-state index contributed by atoms with van der Waals surface area (Å²) < 4.78 is 37.9. The second-order valence-corrected chi connectivity index (χ2v) is 8.32. The maximum atomic E-state index is 13.6. The summed E-state index contributed by atoms with van der Waals surface area (Å²) in [6.45, 7) is 5.77. The summed E-state index contributed by atoms with van der Waals surface area (Å²) in [4.78, 5) is 12.1. The van der Waals surface area contributed by atoms with Crippen molar-refractivity contribution < 1.29 is 17.6 Å². The van der Waals surface area contributed by atoms with Gasteiger partial charge in [0.05, 0.1) is 11.8 Å². The van der Waals surface area contributed by atoms with E-state index in [2.05, 4.69) is 5.32 Å². The largest absolute Gasteiger partial charge is 0.349 e. The molecule has 0 fully saturated rings. The van der Waals surface area contributed by atoms with Gasteiger partial charge >= 0.3 is 0 Å². The zero-order valence-electron chi connectivity index (χ0n) is 14.5. The Hall–Kier alpha value is -2.21. The van der Waals surface area contributed by atoms with Crippen LogP contribution in [0.25, 0.3) is 0 Å². The molecule has 6 heteroatoms. The number of hydrogen-bond acceptors (Lipinski definition) is 3. The molecule has 0 saturated carbocycles. The van der Waals surface area contributed by atoms with Crippen LogP contribution in [-0.4, -0.2) is 20.1 Å². The molecule has 134 valence electrons. The molecule has 0 aromatic heterocycles. The van der Waals surface area contributed by atoms with Crippen molar-refractivity contribution in [3.05, 3.63) is 70.5 Å². The van der Waals surface area contributed by atoms with Gasteiger partial charge in [-0.25, -0.2) is 12.8 Å². The first-order chi connectivity index (χ1) is 11.7. The van der Waals surface area contributed by atoms with Crippen LogP contribution in [0, 0.1) is 19.7 Å². The number of carbonyl (C=O) groups excluding carboxylic acids is 1. The van der Waals surface area contributed by atoms with E-state index < -0.39 is 33.1 Å². The number of benzene rings is 2. The van der Waals surface area contributed by atoms with Gasteiger partial charge in [-0.15, -0.1) is 0 Å². The Kier molecular flexibility index (Phi) is 5.95. The van der Waals surface area contributed by atoms with Crippen LogP contribution in [0.1, 0.15) is 35.2 Å². The van der Waals surface area contributed by atoms with Gasteiger partial charge in [0.15, 0.2) is 9.84 Å². The van der Waals surface area contributed by atoms with Crippen molar-refractivity contribution in [1.29, 1.82) is 0 Å². The van der Waals surface area contributed by atoms with Crippen molar-refractivity contribution in [1.82, 2.24) is 5.32 Å². The highest BCUT2D eigenvalue weighted by molar-refractivity contribution is 7.91. The van der Waals surface area contributed by atoms with Crippen LogP contribution >= 0.6 is 0 Å². The molecule has 1 unspecified atom stereocenters. The standard InChI is InChI=1S/C19H22FNO3S/c1-13-8-9-16(10-14(13)2)15(3)21-19(22)12-25(23,24)11-17-6-4-5-7-18(17)20/h4-10,15H,11-12H2,1-3H3,(H,21,22). The summed E-state index contributed by atoms with van der Waals surface area (Å²) in [7, 11) is -3.75.